The van der Waals surface area contributed by atoms with Crippen molar-refractivity contribution in [3.05, 3.63) is 29.3 Å². The minimum absolute atomic E-state index is 0.120. The minimum atomic E-state index is -4.39. The second kappa shape index (κ2) is 6.06. The molecule has 0 aliphatic carbocycles. The van der Waals surface area contributed by atoms with E-state index in [-0.39, 0.29) is 12.6 Å². The molecule has 0 saturated carbocycles. The molecule has 1 aromatic rings. The Morgan fingerprint density at radius 2 is 2.06 bits per heavy atom. The van der Waals surface area contributed by atoms with Gasteiger partial charge >= 0.3 is 6.18 Å². The fourth-order valence-corrected chi connectivity index (χ4v) is 1.77. The molecule has 0 aliphatic rings. The van der Waals surface area contributed by atoms with Gasteiger partial charge in [0, 0.05) is 18.2 Å². The number of aliphatic hydroxyl groups excluding tert-OH is 1. The Balaban J connectivity index is 3.20. The normalized spacial score (nSPS) is 13.4. The number of methoxy groups -OCH3 is 1. The summed E-state index contributed by atoms with van der Waals surface area (Å²) in [7, 11) is 3.03. The minimum Gasteiger partial charge on any atom is -0.496 e. The summed E-state index contributed by atoms with van der Waals surface area (Å²) < 4.78 is 43.0. The summed E-state index contributed by atoms with van der Waals surface area (Å²) >= 11 is 0. The van der Waals surface area contributed by atoms with Gasteiger partial charge < -0.3 is 15.2 Å². The van der Waals surface area contributed by atoms with Crippen LogP contribution in [0.1, 0.15) is 23.6 Å². The molecule has 0 heterocycles. The van der Waals surface area contributed by atoms with E-state index in [4.69, 9.17) is 9.84 Å². The van der Waals surface area contributed by atoms with Crippen molar-refractivity contribution in [2.24, 2.45) is 0 Å². The molecule has 2 N–H and O–H groups in total. The summed E-state index contributed by atoms with van der Waals surface area (Å²) in [6.07, 6.45) is -4.08. The van der Waals surface area contributed by atoms with Crippen LogP contribution in [0.3, 0.4) is 0 Å². The van der Waals surface area contributed by atoms with Crippen LogP contribution in [0.15, 0.2) is 18.2 Å². The van der Waals surface area contributed by atoms with Gasteiger partial charge in [-0.15, -0.1) is 0 Å². The molecule has 6 heteroatoms. The van der Waals surface area contributed by atoms with E-state index in [0.29, 0.717) is 17.7 Å². The fraction of sp³-hybridized carbons (Fsp3) is 0.500. The van der Waals surface area contributed by atoms with Crippen LogP contribution in [0.25, 0.3) is 0 Å². The number of benzene rings is 1. The first kappa shape index (κ1) is 14.8. The third-order valence-electron chi connectivity index (χ3n) is 2.70. The van der Waals surface area contributed by atoms with Gasteiger partial charge in [0.05, 0.1) is 12.7 Å². The van der Waals surface area contributed by atoms with Gasteiger partial charge in [-0.25, -0.2) is 0 Å². The average molecular weight is 263 g/mol. The maximum absolute atomic E-state index is 12.6. The van der Waals surface area contributed by atoms with E-state index in [2.05, 4.69) is 5.32 Å². The van der Waals surface area contributed by atoms with Gasteiger partial charge in [-0.05, 0) is 31.7 Å². The molecule has 3 nitrogen and oxygen atoms in total. The van der Waals surface area contributed by atoms with Crippen molar-refractivity contribution in [2.75, 3.05) is 20.8 Å². The van der Waals surface area contributed by atoms with Crippen molar-refractivity contribution in [3.63, 3.8) is 0 Å². The monoisotopic (exact) mass is 263 g/mol. The zero-order valence-electron chi connectivity index (χ0n) is 10.2. The van der Waals surface area contributed by atoms with E-state index < -0.39 is 11.7 Å². The number of hydrogen-bond donors (Lipinski definition) is 2. The van der Waals surface area contributed by atoms with Crippen molar-refractivity contribution >= 4 is 0 Å². The first-order valence-corrected chi connectivity index (χ1v) is 5.47. The Hall–Kier alpha value is -1.27. The average Bonchev–Trinajstić information content (AvgIpc) is 2.34. The van der Waals surface area contributed by atoms with Gasteiger partial charge in [0.15, 0.2) is 0 Å². The second-order valence-electron chi connectivity index (χ2n) is 3.81. The lowest BCUT2D eigenvalue weighted by molar-refractivity contribution is -0.137. The van der Waals surface area contributed by atoms with Gasteiger partial charge in [-0.3, -0.25) is 0 Å². The summed E-state index contributed by atoms with van der Waals surface area (Å²) in [5, 5.41) is 11.8. The molecule has 1 unspecified atom stereocenters. The molecule has 102 valence electrons. The van der Waals surface area contributed by atoms with Gasteiger partial charge in [0.1, 0.15) is 5.75 Å². The standard InChI is InChI=1S/C12H16F3NO2/c1-16-10(5-6-17)9-7-8(12(13,14)15)3-4-11(9)18-2/h3-4,7,10,16-17H,5-6H2,1-2H3. The number of nitrogens with one attached hydrogen (secondary N) is 1. The van der Waals surface area contributed by atoms with Gasteiger partial charge in [0.2, 0.25) is 0 Å². The highest BCUT2D eigenvalue weighted by atomic mass is 19.4. The zero-order valence-corrected chi connectivity index (χ0v) is 10.2. The van der Waals surface area contributed by atoms with Crippen molar-refractivity contribution in [3.8, 4) is 5.75 Å². The predicted molar refractivity (Wildman–Crippen MR) is 61.5 cm³/mol. The van der Waals surface area contributed by atoms with E-state index in [1.54, 1.807) is 7.05 Å². The van der Waals surface area contributed by atoms with Crippen molar-refractivity contribution < 1.29 is 23.0 Å². The molecule has 0 radical (unpaired) electrons. The molecule has 0 bridgehead atoms. The topological polar surface area (TPSA) is 41.5 Å². The molecule has 0 aliphatic heterocycles. The number of alkyl halides is 3. The highest BCUT2D eigenvalue weighted by Gasteiger charge is 2.31. The van der Waals surface area contributed by atoms with Crippen LogP contribution in [-0.2, 0) is 6.18 Å². The number of ether oxygens (including phenoxy) is 1. The number of rotatable bonds is 5. The fourth-order valence-electron chi connectivity index (χ4n) is 1.77. The molecule has 1 rings (SSSR count). The molecule has 0 amide bonds. The molecule has 0 fully saturated rings. The van der Waals surface area contributed by atoms with Gasteiger partial charge in [-0.1, -0.05) is 0 Å². The quantitative estimate of drug-likeness (QED) is 0.857. The van der Waals surface area contributed by atoms with Crippen molar-refractivity contribution in [1.29, 1.82) is 0 Å². The Bertz CT molecular complexity index is 393. The van der Waals surface area contributed by atoms with E-state index in [1.165, 1.54) is 13.2 Å². The number of hydrogen-bond acceptors (Lipinski definition) is 3. The van der Waals surface area contributed by atoms with Gasteiger partial charge in [0.25, 0.3) is 0 Å². The number of aliphatic hydroxyl groups is 1. The maximum Gasteiger partial charge on any atom is 0.416 e. The third kappa shape index (κ3) is 3.36. The lowest BCUT2D eigenvalue weighted by Gasteiger charge is -2.20. The zero-order chi connectivity index (χ0) is 13.8. The molecule has 18 heavy (non-hydrogen) atoms. The van der Waals surface area contributed by atoms with Crippen LogP contribution in [0.2, 0.25) is 0 Å². The molecule has 0 saturated heterocycles. The highest BCUT2D eigenvalue weighted by molar-refractivity contribution is 5.40. The summed E-state index contributed by atoms with van der Waals surface area (Å²) in [4.78, 5) is 0. The van der Waals surface area contributed by atoms with E-state index in [9.17, 15) is 13.2 Å². The van der Waals surface area contributed by atoms with Crippen molar-refractivity contribution in [2.45, 2.75) is 18.6 Å². The highest BCUT2D eigenvalue weighted by Crippen LogP contribution is 2.35. The molecular formula is C12H16F3NO2. The number of halogens is 3. The van der Waals surface area contributed by atoms with Crippen LogP contribution in [-0.4, -0.2) is 25.9 Å². The first-order valence-electron chi connectivity index (χ1n) is 5.47. The predicted octanol–water partition coefficient (Wildman–Crippen LogP) is 2.36. The largest absolute Gasteiger partial charge is 0.496 e. The molecule has 1 aromatic carbocycles. The lowest BCUT2D eigenvalue weighted by Crippen LogP contribution is -2.19. The Labute approximate surface area is 104 Å². The molecule has 1 atom stereocenters. The van der Waals surface area contributed by atoms with E-state index >= 15 is 0 Å². The summed E-state index contributed by atoms with van der Waals surface area (Å²) in [5.41, 5.74) is -0.333. The Morgan fingerprint density at radius 1 is 1.39 bits per heavy atom. The first-order chi connectivity index (χ1) is 8.43. The summed E-state index contributed by atoms with van der Waals surface area (Å²) in [5.74, 6) is 0.371. The Kier molecular flexibility index (Phi) is 4.98. The van der Waals surface area contributed by atoms with Crippen LogP contribution in [0.5, 0.6) is 5.75 Å². The molecular weight excluding hydrogens is 247 g/mol. The maximum atomic E-state index is 12.6. The Morgan fingerprint density at radius 3 is 2.50 bits per heavy atom. The van der Waals surface area contributed by atoms with Gasteiger partial charge in [-0.2, -0.15) is 13.2 Å². The second-order valence-corrected chi connectivity index (χ2v) is 3.81. The summed E-state index contributed by atoms with van der Waals surface area (Å²) in [6.45, 7) is -0.120. The van der Waals surface area contributed by atoms with Crippen LogP contribution in [0.4, 0.5) is 13.2 Å². The lowest BCUT2D eigenvalue weighted by atomic mass is 10.00. The molecule has 0 spiro atoms. The van der Waals surface area contributed by atoms with E-state index in [1.807, 2.05) is 0 Å². The molecule has 0 aromatic heterocycles. The van der Waals surface area contributed by atoms with Crippen LogP contribution < -0.4 is 10.1 Å². The van der Waals surface area contributed by atoms with Crippen molar-refractivity contribution in [1.82, 2.24) is 5.32 Å². The van der Waals surface area contributed by atoms with E-state index in [0.717, 1.165) is 12.1 Å². The smallest absolute Gasteiger partial charge is 0.416 e. The SMILES string of the molecule is CNC(CCO)c1cc(C(F)(F)F)ccc1OC. The van der Waals surface area contributed by atoms with Crippen LogP contribution >= 0.6 is 0 Å². The summed E-state index contributed by atoms with van der Waals surface area (Å²) in [6, 6.07) is 2.94. The van der Waals surface area contributed by atoms with Crippen LogP contribution in [0, 0.1) is 0 Å². The third-order valence-corrected chi connectivity index (χ3v) is 2.70.